The third kappa shape index (κ3) is 4.31. The Morgan fingerprint density at radius 3 is 2.52 bits per heavy atom. The van der Waals surface area contributed by atoms with Crippen molar-refractivity contribution in [1.29, 1.82) is 0 Å². The van der Waals surface area contributed by atoms with E-state index in [2.05, 4.69) is 18.3 Å². The first kappa shape index (κ1) is 22.8. The van der Waals surface area contributed by atoms with Crippen molar-refractivity contribution in [3.8, 4) is 11.1 Å². The molecule has 2 aromatic carbocycles. The molecule has 4 rings (SSSR count). The van der Waals surface area contributed by atoms with Gasteiger partial charge >= 0.3 is 5.97 Å². The summed E-state index contributed by atoms with van der Waals surface area (Å²) in [5.41, 5.74) is 6.94. The minimum Gasteiger partial charge on any atom is -0.462 e. The molecule has 33 heavy (non-hydrogen) atoms. The summed E-state index contributed by atoms with van der Waals surface area (Å²) < 4.78 is 11.2. The minimum atomic E-state index is -0.462. The molecule has 1 amide bonds. The van der Waals surface area contributed by atoms with Gasteiger partial charge in [-0.3, -0.25) is 4.79 Å². The molecule has 0 fully saturated rings. The quantitative estimate of drug-likeness (QED) is 0.312. The number of esters is 1. The zero-order valence-corrected chi connectivity index (χ0v) is 20.3. The minimum absolute atomic E-state index is 0.245. The van der Waals surface area contributed by atoms with E-state index in [-0.39, 0.29) is 18.3 Å². The van der Waals surface area contributed by atoms with Crippen LogP contribution in [0.2, 0.25) is 0 Å². The van der Waals surface area contributed by atoms with Crippen molar-refractivity contribution in [2.45, 2.75) is 41.0 Å². The van der Waals surface area contributed by atoms with Crippen LogP contribution in [0.4, 0.5) is 5.00 Å². The molecule has 0 saturated carbocycles. The second-order valence-corrected chi connectivity index (χ2v) is 8.95. The monoisotopic (exact) mass is 461 g/mol. The molecule has 0 radical (unpaired) electrons. The Labute approximate surface area is 197 Å². The van der Waals surface area contributed by atoms with Crippen molar-refractivity contribution in [1.82, 2.24) is 0 Å². The third-order valence-electron chi connectivity index (χ3n) is 5.93. The van der Waals surface area contributed by atoms with E-state index in [0.717, 1.165) is 34.1 Å². The Morgan fingerprint density at radius 1 is 1.03 bits per heavy atom. The van der Waals surface area contributed by atoms with E-state index < -0.39 is 5.97 Å². The summed E-state index contributed by atoms with van der Waals surface area (Å²) in [6.07, 6.45) is 0.904. The van der Waals surface area contributed by atoms with E-state index in [1.165, 1.54) is 22.5 Å². The van der Waals surface area contributed by atoms with Gasteiger partial charge in [0.05, 0.1) is 6.61 Å². The van der Waals surface area contributed by atoms with Gasteiger partial charge in [-0.25, -0.2) is 4.79 Å². The van der Waals surface area contributed by atoms with Crippen molar-refractivity contribution in [2.75, 3.05) is 11.9 Å². The maximum absolute atomic E-state index is 13.2. The Balaban J connectivity index is 1.73. The zero-order valence-electron chi connectivity index (χ0n) is 19.5. The van der Waals surface area contributed by atoms with E-state index in [1.54, 1.807) is 6.92 Å². The van der Waals surface area contributed by atoms with Gasteiger partial charge < -0.3 is 14.5 Å². The van der Waals surface area contributed by atoms with Gasteiger partial charge in [0.1, 0.15) is 16.1 Å². The summed E-state index contributed by atoms with van der Waals surface area (Å²) >= 11 is 1.30. The number of hydrogen-bond donors (Lipinski definition) is 1. The van der Waals surface area contributed by atoms with Gasteiger partial charge in [-0.1, -0.05) is 31.2 Å². The normalized spacial score (nSPS) is 11.1. The summed E-state index contributed by atoms with van der Waals surface area (Å²) in [5.74, 6) is -0.605. The highest BCUT2D eigenvalue weighted by Gasteiger charge is 2.25. The van der Waals surface area contributed by atoms with E-state index in [4.69, 9.17) is 9.15 Å². The van der Waals surface area contributed by atoms with Crippen molar-refractivity contribution >= 4 is 39.2 Å². The fourth-order valence-electron chi connectivity index (χ4n) is 3.84. The van der Waals surface area contributed by atoms with Gasteiger partial charge in [0.25, 0.3) is 5.91 Å². The second-order valence-electron chi connectivity index (χ2n) is 8.07. The molecule has 0 atom stereocenters. The number of fused-ring (bicyclic) bond motifs is 1. The van der Waals surface area contributed by atoms with Crippen LogP contribution >= 0.6 is 11.3 Å². The van der Waals surface area contributed by atoms with Crippen molar-refractivity contribution in [3.63, 3.8) is 0 Å². The van der Waals surface area contributed by atoms with Crippen LogP contribution in [-0.4, -0.2) is 18.5 Å². The molecule has 0 bridgehead atoms. The number of amides is 1. The number of thiophene rings is 1. The van der Waals surface area contributed by atoms with E-state index in [1.807, 2.05) is 56.5 Å². The van der Waals surface area contributed by atoms with Crippen molar-refractivity contribution in [3.05, 3.63) is 75.4 Å². The largest absolute Gasteiger partial charge is 0.462 e. The van der Waals surface area contributed by atoms with Crippen LogP contribution in [0.3, 0.4) is 0 Å². The number of hydrogen-bond acceptors (Lipinski definition) is 5. The summed E-state index contributed by atoms with van der Waals surface area (Å²) in [7, 11) is 0. The Kier molecular flexibility index (Phi) is 6.38. The number of carbonyl (C=O) groups excluding carboxylic acids is 2. The van der Waals surface area contributed by atoms with Crippen LogP contribution in [0.25, 0.3) is 22.1 Å². The number of anilines is 1. The lowest BCUT2D eigenvalue weighted by molar-refractivity contribution is 0.0529. The summed E-state index contributed by atoms with van der Waals surface area (Å²) in [6, 6.07) is 12.0. The van der Waals surface area contributed by atoms with Gasteiger partial charge in [0, 0.05) is 21.9 Å². The smallest absolute Gasteiger partial charge is 0.341 e. The fourth-order valence-corrected chi connectivity index (χ4v) is 4.79. The number of carbonyl (C=O) groups is 2. The fraction of sp³-hybridized carbons (Fsp3) is 0.259. The van der Waals surface area contributed by atoms with Crippen LogP contribution < -0.4 is 5.32 Å². The van der Waals surface area contributed by atoms with Crippen LogP contribution in [0, 0.1) is 20.8 Å². The summed E-state index contributed by atoms with van der Waals surface area (Å²) in [5, 5.41) is 6.15. The van der Waals surface area contributed by atoms with E-state index in [0.29, 0.717) is 16.1 Å². The van der Waals surface area contributed by atoms with Gasteiger partial charge in [0.2, 0.25) is 0 Å². The van der Waals surface area contributed by atoms with Gasteiger partial charge in [0.15, 0.2) is 5.76 Å². The molecule has 4 aromatic rings. The first-order chi connectivity index (χ1) is 15.8. The number of furan rings is 1. The highest BCUT2D eigenvalue weighted by atomic mass is 32.1. The Bertz CT molecular complexity index is 1360. The number of nitrogens with one attached hydrogen (secondary N) is 1. The average molecular weight is 462 g/mol. The molecule has 0 unspecified atom stereocenters. The van der Waals surface area contributed by atoms with E-state index in [9.17, 15) is 9.59 Å². The standard InChI is InChI=1S/C27H27NO4S/c1-6-18-9-11-22-20(13-18)17(5)24(32-22)25(29)28-26-23(27(30)31-7-2)21(14-33-26)19-10-8-15(3)16(4)12-19/h8-14H,6-7H2,1-5H3,(H,28,29). The molecule has 170 valence electrons. The molecule has 0 aliphatic heterocycles. The molecule has 0 aliphatic carbocycles. The lowest BCUT2D eigenvalue weighted by Crippen LogP contribution is -2.15. The first-order valence-corrected chi connectivity index (χ1v) is 11.9. The van der Waals surface area contributed by atoms with Gasteiger partial charge in [-0.2, -0.15) is 0 Å². The number of benzene rings is 2. The first-order valence-electron chi connectivity index (χ1n) is 11.0. The van der Waals surface area contributed by atoms with Gasteiger partial charge in [-0.05, 0) is 68.5 Å². The van der Waals surface area contributed by atoms with Crippen LogP contribution in [-0.2, 0) is 11.2 Å². The lowest BCUT2D eigenvalue weighted by atomic mass is 9.99. The van der Waals surface area contributed by atoms with Crippen LogP contribution in [0.1, 0.15) is 57.0 Å². The van der Waals surface area contributed by atoms with Crippen LogP contribution in [0.5, 0.6) is 0 Å². The number of ether oxygens (including phenoxy) is 1. The molecule has 2 heterocycles. The maximum atomic E-state index is 13.2. The van der Waals surface area contributed by atoms with Crippen molar-refractivity contribution in [2.24, 2.45) is 0 Å². The maximum Gasteiger partial charge on any atom is 0.341 e. The molecular weight excluding hydrogens is 434 g/mol. The molecule has 0 saturated heterocycles. The summed E-state index contributed by atoms with van der Waals surface area (Å²) in [6.45, 7) is 10.1. The number of aryl methyl sites for hydroxylation is 4. The molecule has 1 N–H and O–H groups in total. The molecule has 6 heteroatoms. The van der Waals surface area contributed by atoms with E-state index >= 15 is 0 Å². The van der Waals surface area contributed by atoms with Gasteiger partial charge in [-0.15, -0.1) is 11.3 Å². The molecular formula is C27H27NO4S. The molecule has 5 nitrogen and oxygen atoms in total. The highest BCUT2D eigenvalue weighted by molar-refractivity contribution is 7.15. The topological polar surface area (TPSA) is 68.5 Å². The molecule has 0 spiro atoms. The Morgan fingerprint density at radius 2 is 1.82 bits per heavy atom. The number of rotatable bonds is 6. The third-order valence-corrected chi connectivity index (χ3v) is 6.83. The highest BCUT2D eigenvalue weighted by Crippen LogP contribution is 2.37. The predicted molar refractivity (Wildman–Crippen MR) is 133 cm³/mol. The van der Waals surface area contributed by atoms with Crippen LogP contribution in [0.15, 0.2) is 46.2 Å². The predicted octanol–water partition coefficient (Wildman–Crippen LogP) is 7.08. The SMILES string of the molecule is CCOC(=O)c1c(-c2ccc(C)c(C)c2)csc1NC(=O)c1oc2ccc(CC)cc2c1C. The second kappa shape index (κ2) is 9.24. The summed E-state index contributed by atoms with van der Waals surface area (Å²) in [4.78, 5) is 26.1. The molecule has 0 aliphatic rings. The lowest BCUT2D eigenvalue weighted by Gasteiger charge is -2.09. The van der Waals surface area contributed by atoms with Crippen molar-refractivity contribution < 1.29 is 18.7 Å². The average Bonchev–Trinajstić information content (AvgIpc) is 3.36. The zero-order chi connectivity index (χ0) is 23.7. The Hall–Kier alpha value is -3.38. The molecule has 2 aromatic heterocycles.